The van der Waals surface area contributed by atoms with Crippen LogP contribution in [0, 0.1) is 10.1 Å². The molecule has 0 aromatic heterocycles. The lowest BCUT2D eigenvalue weighted by molar-refractivity contribution is -0.384. The third-order valence-corrected chi connectivity index (χ3v) is 12.3. The van der Waals surface area contributed by atoms with Gasteiger partial charge in [-0.05, 0) is 104 Å². The number of halogens is 1. The van der Waals surface area contributed by atoms with Gasteiger partial charge in [-0.2, -0.15) is 0 Å². The Hall–Kier alpha value is -4.92. The van der Waals surface area contributed by atoms with Gasteiger partial charge in [0.05, 0.1) is 9.82 Å². The van der Waals surface area contributed by atoms with E-state index >= 15 is 0 Å². The van der Waals surface area contributed by atoms with Gasteiger partial charge in [-0.3, -0.25) is 19.8 Å². The lowest BCUT2D eigenvalue weighted by atomic mass is 9.99. The highest BCUT2D eigenvalue weighted by atomic mass is 35.5. The molecule has 1 heterocycles. The number of amides is 1. The van der Waals surface area contributed by atoms with Crippen LogP contribution in [-0.4, -0.2) is 87.7 Å². The zero-order chi connectivity index (χ0) is 39.7. The van der Waals surface area contributed by atoms with Gasteiger partial charge in [0.2, 0.25) is 0 Å². The average Bonchev–Trinajstić information content (AvgIpc) is 3.20. The molecule has 292 valence electrons. The molecular weight excluding hydrogens is 768 g/mol. The SMILES string of the molecule is CN(C)CC[C@@H](CSc1ccccc1)Nc1ccc(S(=O)(=O)NC(=O)c2ccc(N3CCN(Cc4cc(Cl)ccc4-c4ccccc4)CC3)cc2)cc1[N+](=O)[O-]. The summed E-state index contributed by atoms with van der Waals surface area (Å²) in [4.78, 5) is 32.1. The molecule has 0 spiro atoms. The van der Waals surface area contributed by atoms with Crippen LogP contribution in [0.5, 0.6) is 0 Å². The molecule has 2 N–H and O–H groups in total. The topological polar surface area (TPSA) is 128 Å². The molecule has 0 unspecified atom stereocenters. The fraction of sp³-hybridized carbons (Fsp3) is 0.262. The molecule has 1 aliphatic rings. The molecule has 1 fully saturated rings. The predicted molar refractivity (Wildman–Crippen MR) is 226 cm³/mol. The van der Waals surface area contributed by atoms with Gasteiger partial charge in [-0.25, -0.2) is 13.1 Å². The highest BCUT2D eigenvalue weighted by Crippen LogP contribution is 2.31. The van der Waals surface area contributed by atoms with Gasteiger partial charge >= 0.3 is 0 Å². The molecule has 1 aliphatic heterocycles. The number of nitrogens with one attached hydrogen (secondary N) is 2. The van der Waals surface area contributed by atoms with E-state index in [-0.39, 0.29) is 22.2 Å². The molecular formula is C42H45ClN6O5S2. The van der Waals surface area contributed by atoms with Gasteiger partial charge in [-0.1, -0.05) is 66.2 Å². The number of nitro benzene ring substituents is 1. The molecule has 0 aliphatic carbocycles. The lowest BCUT2D eigenvalue weighted by Crippen LogP contribution is -2.46. The van der Waals surface area contributed by atoms with E-state index in [2.05, 4.69) is 38.0 Å². The number of hydrogen-bond donors (Lipinski definition) is 2. The van der Waals surface area contributed by atoms with E-state index in [1.54, 1.807) is 36.0 Å². The number of hydrogen-bond acceptors (Lipinski definition) is 10. The van der Waals surface area contributed by atoms with Crippen LogP contribution >= 0.6 is 23.4 Å². The summed E-state index contributed by atoms with van der Waals surface area (Å²) in [5.41, 5.74) is 4.36. The summed E-state index contributed by atoms with van der Waals surface area (Å²) in [6, 6.07) is 36.4. The molecule has 0 bridgehead atoms. The number of nitro groups is 1. The maximum Gasteiger partial charge on any atom is 0.293 e. The normalized spacial score (nSPS) is 14.0. The molecule has 1 saturated heterocycles. The predicted octanol–water partition coefficient (Wildman–Crippen LogP) is 7.88. The van der Waals surface area contributed by atoms with Crippen molar-refractivity contribution in [2.75, 3.05) is 62.8 Å². The number of thioether (sulfide) groups is 1. The van der Waals surface area contributed by atoms with Crippen molar-refractivity contribution in [3.63, 3.8) is 0 Å². The summed E-state index contributed by atoms with van der Waals surface area (Å²) in [6.45, 7) is 4.70. The largest absolute Gasteiger partial charge is 0.376 e. The fourth-order valence-corrected chi connectivity index (χ4v) is 8.74. The Bertz CT molecular complexity index is 2220. The van der Waals surface area contributed by atoms with Crippen molar-refractivity contribution >= 4 is 56.4 Å². The van der Waals surface area contributed by atoms with Crippen LogP contribution in [0.3, 0.4) is 0 Å². The first kappa shape index (κ1) is 40.7. The first-order valence-corrected chi connectivity index (χ1v) is 21.2. The third-order valence-electron chi connectivity index (χ3n) is 9.60. The molecule has 5 aromatic carbocycles. The van der Waals surface area contributed by atoms with Crippen LogP contribution < -0.4 is 14.9 Å². The number of anilines is 2. The minimum absolute atomic E-state index is 0.141. The first-order valence-electron chi connectivity index (χ1n) is 18.3. The number of carbonyl (C=O) groups is 1. The maximum atomic E-state index is 13.4. The van der Waals surface area contributed by atoms with Crippen molar-refractivity contribution in [2.24, 2.45) is 0 Å². The second kappa shape index (κ2) is 18.8. The summed E-state index contributed by atoms with van der Waals surface area (Å²) in [5, 5.41) is 16.1. The highest BCUT2D eigenvalue weighted by Gasteiger charge is 2.26. The first-order chi connectivity index (χ1) is 26.9. The minimum atomic E-state index is -4.43. The zero-order valence-corrected chi connectivity index (χ0v) is 33.7. The van der Waals surface area contributed by atoms with Crippen LogP contribution in [-0.2, 0) is 16.6 Å². The van der Waals surface area contributed by atoms with Crippen molar-refractivity contribution in [3.8, 4) is 11.1 Å². The number of benzene rings is 5. The van der Waals surface area contributed by atoms with Gasteiger partial charge in [0, 0.05) is 71.8 Å². The zero-order valence-electron chi connectivity index (χ0n) is 31.3. The van der Waals surface area contributed by atoms with Gasteiger partial charge in [-0.15, -0.1) is 11.8 Å². The number of sulfonamides is 1. The van der Waals surface area contributed by atoms with Crippen molar-refractivity contribution in [2.45, 2.75) is 28.8 Å². The van der Waals surface area contributed by atoms with Crippen LogP contribution in [0.25, 0.3) is 11.1 Å². The Morgan fingerprint density at radius 3 is 2.23 bits per heavy atom. The Balaban J connectivity index is 1.06. The van der Waals surface area contributed by atoms with Crippen LogP contribution in [0.2, 0.25) is 5.02 Å². The molecule has 56 heavy (non-hydrogen) atoms. The third kappa shape index (κ3) is 10.9. The van der Waals surface area contributed by atoms with Crippen molar-refractivity contribution < 1.29 is 18.1 Å². The maximum absolute atomic E-state index is 13.4. The number of carbonyl (C=O) groups excluding carboxylic acids is 1. The summed E-state index contributed by atoms with van der Waals surface area (Å²) < 4.78 is 28.8. The summed E-state index contributed by atoms with van der Waals surface area (Å²) >= 11 is 8.02. The van der Waals surface area contributed by atoms with Gasteiger partial charge in [0.25, 0.3) is 21.6 Å². The van der Waals surface area contributed by atoms with Crippen LogP contribution in [0.15, 0.2) is 131 Å². The monoisotopic (exact) mass is 812 g/mol. The lowest BCUT2D eigenvalue weighted by Gasteiger charge is -2.36. The summed E-state index contributed by atoms with van der Waals surface area (Å²) in [7, 11) is -0.513. The van der Waals surface area contributed by atoms with E-state index in [9.17, 15) is 23.3 Å². The Morgan fingerprint density at radius 1 is 0.893 bits per heavy atom. The van der Waals surface area contributed by atoms with E-state index in [0.29, 0.717) is 17.2 Å². The van der Waals surface area contributed by atoms with E-state index < -0.39 is 26.5 Å². The number of piperazine rings is 1. The van der Waals surface area contributed by atoms with Gasteiger partial charge in [0.1, 0.15) is 5.69 Å². The van der Waals surface area contributed by atoms with Crippen molar-refractivity contribution in [1.82, 2.24) is 14.5 Å². The Morgan fingerprint density at radius 2 is 1.57 bits per heavy atom. The Labute approximate surface area is 337 Å². The standard InChI is InChI=1S/C42H45ClN6O5S2/c1-46(2)22-21-35(30-55-37-11-7-4-8-12-37)44-40-20-18-38(28-41(40)49(51)52)56(53,54)45-42(50)32-13-16-36(17-14-32)48-25-23-47(24-26-48)29-33-27-34(43)15-19-39(33)31-9-5-3-6-10-31/h3-20,27-28,35,44H,21-26,29-30H2,1-2H3,(H,45,50)/t35-/m0/s1. The van der Waals surface area contributed by atoms with E-state index in [0.717, 1.165) is 67.0 Å². The molecule has 1 amide bonds. The van der Waals surface area contributed by atoms with E-state index in [1.165, 1.54) is 17.7 Å². The quantitative estimate of drug-likeness (QED) is 0.0577. The van der Waals surface area contributed by atoms with Gasteiger partial charge < -0.3 is 15.1 Å². The smallest absolute Gasteiger partial charge is 0.293 e. The average molecular weight is 813 g/mol. The molecule has 0 radical (unpaired) electrons. The summed E-state index contributed by atoms with van der Waals surface area (Å²) in [5.74, 6) is -0.191. The molecule has 1 atom stereocenters. The minimum Gasteiger partial charge on any atom is -0.376 e. The van der Waals surface area contributed by atoms with Crippen LogP contribution in [0.1, 0.15) is 22.3 Å². The molecule has 11 nitrogen and oxygen atoms in total. The van der Waals surface area contributed by atoms with Crippen molar-refractivity contribution in [3.05, 3.63) is 148 Å². The fourth-order valence-electron chi connectivity index (χ4n) is 6.56. The van der Waals surface area contributed by atoms with Crippen LogP contribution in [0.4, 0.5) is 17.1 Å². The van der Waals surface area contributed by atoms with Crippen molar-refractivity contribution in [1.29, 1.82) is 0 Å². The summed E-state index contributed by atoms with van der Waals surface area (Å²) in [6.07, 6.45) is 0.703. The molecule has 14 heteroatoms. The van der Waals surface area contributed by atoms with E-state index in [4.69, 9.17) is 11.6 Å². The second-order valence-electron chi connectivity index (χ2n) is 13.9. The molecule has 0 saturated carbocycles. The molecule has 5 aromatic rings. The van der Waals surface area contributed by atoms with E-state index in [1.807, 2.05) is 79.7 Å². The molecule has 6 rings (SSSR count). The number of rotatable bonds is 16. The highest BCUT2D eigenvalue weighted by molar-refractivity contribution is 7.99. The number of nitrogens with zero attached hydrogens (tertiary/aromatic N) is 4. The van der Waals surface area contributed by atoms with Gasteiger partial charge in [0.15, 0.2) is 0 Å². The second-order valence-corrected chi connectivity index (χ2v) is 17.1. The Kier molecular flexibility index (Phi) is 13.7.